The summed E-state index contributed by atoms with van der Waals surface area (Å²) in [7, 11) is 0. The van der Waals surface area contributed by atoms with Crippen molar-refractivity contribution in [1.29, 1.82) is 0 Å². The summed E-state index contributed by atoms with van der Waals surface area (Å²) in [4.78, 5) is 31.4. The number of benzene rings is 1. The molecule has 7 nitrogen and oxygen atoms in total. The molecule has 0 amide bonds. The van der Waals surface area contributed by atoms with Gasteiger partial charge in [-0.2, -0.15) is 0 Å². The van der Waals surface area contributed by atoms with E-state index >= 15 is 0 Å². The molecule has 0 fully saturated rings. The Balaban J connectivity index is 0.00000210. The first-order valence-corrected chi connectivity index (χ1v) is 9.58. The molecule has 1 aromatic carbocycles. The van der Waals surface area contributed by atoms with Crippen LogP contribution in [0.2, 0.25) is 5.02 Å². The molecule has 2 heterocycles. The molecule has 1 atom stereocenters. The summed E-state index contributed by atoms with van der Waals surface area (Å²) in [6.45, 7) is 3.97. The molecule has 0 unspecified atom stereocenters. The molecular formula is C20H26ClN3O4S. The van der Waals surface area contributed by atoms with E-state index in [4.69, 9.17) is 21.4 Å². The summed E-state index contributed by atoms with van der Waals surface area (Å²) in [5.74, 6) is 0.0366. The van der Waals surface area contributed by atoms with Crippen molar-refractivity contribution in [3.8, 4) is 5.75 Å². The fourth-order valence-corrected chi connectivity index (χ4v) is 3.74. The number of fused-ring (bicyclic) bond motifs is 1. The molecule has 2 aromatic heterocycles. The highest BCUT2D eigenvalue weighted by atomic mass is 35.5. The second kappa shape index (κ2) is 10.4. The number of hydrogen-bond acceptors (Lipinski definition) is 6. The number of aromatic nitrogens is 3. The maximum atomic E-state index is 12.2. The molecule has 3 rings (SSSR count). The number of nitrogens with zero attached hydrogens (tertiary/aromatic N) is 3. The molecule has 158 valence electrons. The third-order valence-corrected chi connectivity index (χ3v) is 5.24. The van der Waals surface area contributed by atoms with Gasteiger partial charge in [-0.05, 0) is 25.0 Å². The second-order valence-corrected chi connectivity index (χ2v) is 7.45. The van der Waals surface area contributed by atoms with Crippen molar-refractivity contribution in [3.63, 3.8) is 0 Å². The van der Waals surface area contributed by atoms with Gasteiger partial charge in [-0.25, -0.2) is 9.97 Å². The van der Waals surface area contributed by atoms with E-state index < -0.39 is 5.97 Å². The summed E-state index contributed by atoms with van der Waals surface area (Å²) in [6, 6.07) is 3.34. The van der Waals surface area contributed by atoms with E-state index in [0.717, 1.165) is 16.9 Å². The summed E-state index contributed by atoms with van der Waals surface area (Å²) in [6.07, 6.45) is 3.60. The third-order valence-electron chi connectivity index (χ3n) is 4.00. The normalized spacial score (nSPS) is 11.4. The minimum atomic E-state index is -0.962. The van der Waals surface area contributed by atoms with Crippen LogP contribution in [0.4, 0.5) is 0 Å². The summed E-state index contributed by atoms with van der Waals surface area (Å²) in [5, 5.41) is 9.20. The summed E-state index contributed by atoms with van der Waals surface area (Å²) in [5.41, 5.74) is 1.56. The lowest BCUT2D eigenvalue weighted by Gasteiger charge is -2.17. The molecule has 3 aromatic rings. The van der Waals surface area contributed by atoms with Gasteiger partial charge in [0, 0.05) is 25.0 Å². The number of rotatable bonds is 7. The van der Waals surface area contributed by atoms with E-state index in [0.29, 0.717) is 33.2 Å². The SMILES string of the molecule is C.C.CC[C@H](Oc1cc2sc(=O)n(CCC(=O)O)c2cc1Cl)c1ncc(C)cn1. The molecule has 9 heteroatoms. The molecule has 0 radical (unpaired) electrons. The quantitative estimate of drug-likeness (QED) is 0.550. The number of carboxylic acid groups (broad SMARTS) is 1. The summed E-state index contributed by atoms with van der Waals surface area (Å²) < 4.78 is 8.13. The highest BCUT2D eigenvalue weighted by molar-refractivity contribution is 7.16. The highest BCUT2D eigenvalue weighted by Gasteiger charge is 2.18. The molecule has 0 saturated heterocycles. The van der Waals surface area contributed by atoms with Crippen molar-refractivity contribution in [1.82, 2.24) is 14.5 Å². The van der Waals surface area contributed by atoms with Crippen LogP contribution < -0.4 is 9.61 Å². The minimum absolute atomic E-state index is 0. The number of aliphatic carboxylic acids is 1. The molecule has 0 bridgehead atoms. The zero-order valence-electron chi connectivity index (χ0n) is 14.8. The van der Waals surface area contributed by atoms with Gasteiger partial charge in [0.1, 0.15) is 5.75 Å². The molecular weight excluding hydrogens is 414 g/mol. The molecule has 29 heavy (non-hydrogen) atoms. The predicted molar refractivity (Wildman–Crippen MR) is 117 cm³/mol. The number of aryl methyl sites for hydroxylation is 2. The van der Waals surface area contributed by atoms with Gasteiger partial charge in [-0.3, -0.25) is 14.2 Å². The van der Waals surface area contributed by atoms with Crippen LogP contribution in [0.5, 0.6) is 5.75 Å². The molecule has 1 N–H and O–H groups in total. The topological polar surface area (TPSA) is 94.3 Å². The van der Waals surface area contributed by atoms with Gasteiger partial charge in [0.25, 0.3) is 0 Å². The van der Waals surface area contributed by atoms with E-state index in [1.165, 1.54) is 4.57 Å². The second-order valence-electron chi connectivity index (χ2n) is 6.05. The van der Waals surface area contributed by atoms with Crippen molar-refractivity contribution in [3.05, 3.63) is 50.6 Å². The van der Waals surface area contributed by atoms with Crippen molar-refractivity contribution in [2.45, 2.75) is 54.2 Å². The average molecular weight is 440 g/mol. The van der Waals surface area contributed by atoms with E-state index in [1.807, 2.05) is 13.8 Å². The van der Waals surface area contributed by atoms with Crippen LogP contribution in [-0.2, 0) is 11.3 Å². The smallest absolute Gasteiger partial charge is 0.308 e. The lowest BCUT2D eigenvalue weighted by Crippen LogP contribution is -2.15. The fourth-order valence-electron chi connectivity index (χ4n) is 2.61. The largest absolute Gasteiger partial charge is 0.481 e. The van der Waals surface area contributed by atoms with Crippen molar-refractivity contribution < 1.29 is 14.6 Å². The number of hydrogen-bond donors (Lipinski definition) is 1. The number of halogens is 1. The standard InChI is InChI=1S/C18H18ClN3O4S.2CH4/c1-3-13(17-20-8-10(2)9-21-17)26-14-7-15-12(6-11(14)19)22(18(25)27-15)5-4-16(23)24;;/h6-9,13H,3-5H2,1-2H3,(H,23,24);2*1H4/t13-;;/m0../s1. The van der Waals surface area contributed by atoms with E-state index in [2.05, 4.69) is 9.97 Å². The third kappa shape index (κ3) is 5.55. The Morgan fingerprint density at radius 3 is 2.55 bits per heavy atom. The predicted octanol–water partition coefficient (Wildman–Crippen LogP) is 5.09. The number of carboxylic acids is 1. The Morgan fingerprint density at radius 1 is 1.31 bits per heavy atom. The van der Waals surface area contributed by atoms with Gasteiger partial charge in [0.05, 0.1) is 21.7 Å². The van der Waals surface area contributed by atoms with Crippen LogP contribution in [0, 0.1) is 6.92 Å². The lowest BCUT2D eigenvalue weighted by atomic mass is 10.2. The number of thiazole rings is 1. The van der Waals surface area contributed by atoms with E-state index in [-0.39, 0.29) is 38.8 Å². The molecule has 0 aliphatic heterocycles. The van der Waals surface area contributed by atoms with Crippen LogP contribution in [-0.4, -0.2) is 25.6 Å². The highest BCUT2D eigenvalue weighted by Crippen LogP contribution is 2.34. The van der Waals surface area contributed by atoms with Gasteiger partial charge < -0.3 is 9.84 Å². The van der Waals surface area contributed by atoms with Gasteiger partial charge in [-0.15, -0.1) is 0 Å². The van der Waals surface area contributed by atoms with Crippen molar-refractivity contribution >= 4 is 39.1 Å². The van der Waals surface area contributed by atoms with Crippen LogP contribution >= 0.6 is 22.9 Å². The Morgan fingerprint density at radius 2 is 1.97 bits per heavy atom. The number of ether oxygens (including phenoxy) is 1. The first-order valence-electron chi connectivity index (χ1n) is 8.39. The van der Waals surface area contributed by atoms with Gasteiger partial charge in [0.15, 0.2) is 11.9 Å². The lowest BCUT2D eigenvalue weighted by molar-refractivity contribution is -0.137. The van der Waals surface area contributed by atoms with Crippen LogP contribution in [0.15, 0.2) is 29.3 Å². The minimum Gasteiger partial charge on any atom is -0.481 e. The molecule has 0 aliphatic rings. The van der Waals surface area contributed by atoms with Crippen molar-refractivity contribution in [2.24, 2.45) is 0 Å². The average Bonchev–Trinajstić information content (AvgIpc) is 2.93. The maximum Gasteiger partial charge on any atom is 0.308 e. The van der Waals surface area contributed by atoms with Crippen LogP contribution in [0.1, 0.15) is 52.1 Å². The van der Waals surface area contributed by atoms with E-state index in [9.17, 15) is 9.59 Å². The van der Waals surface area contributed by atoms with Crippen LogP contribution in [0.3, 0.4) is 0 Å². The van der Waals surface area contributed by atoms with E-state index in [1.54, 1.807) is 24.5 Å². The zero-order valence-corrected chi connectivity index (χ0v) is 16.4. The van der Waals surface area contributed by atoms with Crippen LogP contribution in [0.25, 0.3) is 10.2 Å². The monoisotopic (exact) mass is 439 g/mol. The molecule has 0 saturated carbocycles. The molecule has 0 aliphatic carbocycles. The van der Waals surface area contributed by atoms with Crippen molar-refractivity contribution in [2.75, 3.05) is 0 Å². The number of carbonyl (C=O) groups is 1. The van der Waals surface area contributed by atoms with Gasteiger partial charge >= 0.3 is 10.8 Å². The van der Waals surface area contributed by atoms with Gasteiger partial charge in [0.2, 0.25) is 0 Å². The summed E-state index contributed by atoms with van der Waals surface area (Å²) >= 11 is 7.40. The zero-order chi connectivity index (χ0) is 19.6. The Hall–Kier alpha value is -2.45. The fraction of sp³-hybridized carbons (Fsp3) is 0.400. The molecule has 0 spiro atoms. The first kappa shape index (κ1) is 24.6. The van der Waals surface area contributed by atoms with Gasteiger partial charge in [-0.1, -0.05) is 44.7 Å². The maximum absolute atomic E-state index is 12.2. The Bertz CT molecular complexity index is 1030. The first-order chi connectivity index (χ1) is 12.9. The Kier molecular flexibility index (Phi) is 8.79. The Labute approximate surface area is 179 Å².